The molecular formula is C72H141NO5. The Labute approximate surface area is 489 Å². The zero-order valence-corrected chi connectivity index (χ0v) is 53.2. The summed E-state index contributed by atoms with van der Waals surface area (Å²) < 4.78 is 5.50. The van der Waals surface area contributed by atoms with Crippen LogP contribution in [0.2, 0.25) is 0 Å². The summed E-state index contributed by atoms with van der Waals surface area (Å²) in [6.45, 7) is 4.95. The van der Waals surface area contributed by atoms with Gasteiger partial charge in [0.2, 0.25) is 5.91 Å². The second kappa shape index (κ2) is 68.1. The van der Waals surface area contributed by atoms with E-state index >= 15 is 0 Å². The van der Waals surface area contributed by atoms with Crippen LogP contribution in [0, 0.1) is 0 Å². The van der Waals surface area contributed by atoms with Gasteiger partial charge in [-0.1, -0.05) is 379 Å². The number of hydrogen-bond acceptors (Lipinski definition) is 5. The molecule has 0 aliphatic heterocycles. The standard InChI is InChI=1S/C72H141NO5/c1-3-5-7-9-11-13-15-17-36-40-44-48-52-56-60-64-70(75)69(68-74)73-71(76)65-61-57-53-49-45-41-38-34-32-30-28-26-24-22-20-19-21-23-25-27-29-31-33-35-39-43-47-51-55-59-63-67-78-72(77)66-62-58-54-50-46-42-37-18-16-14-12-10-8-6-4-2/h60,64,69-70,74-75H,3-59,61-63,65-68H2,1-2H3,(H,73,76)/b64-60+. The summed E-state index contributed by atoms with van der Waals surface area (Å²) in [5.41, 5.74) is 0. The number of hydrogen-bond donors (Lipinski definition) is 3. The summed E-state index contributed by atoms with van der Waals surface area (Å²) in [6, 6.07) is -0.623. The van der Waals surface area contributed by atoms with Gasteiger partial charge in [-0.15, -0.1) is 0 Å². The fourth-order valence-electron chi connectivity index (χ4n) is 11.6. The van der Waals surface area contributed by atoms with Gasteiger partial charge in [0.25, 0.3) is 0 Å². The number of esters is 1. The van der Waals surface area contributed by atoms with E-state index in [0.29, 0.717) is 19.4 Å². The van der Waals surface area contributed by atoms with Gasteiger partial charge in [0, 0.05) is 12.8 Å². The molecule has 0 aliphatic rings. The van der Waals surface area contributed by atoms with Crippen LogP contribution < -0.4 is 5.32 Å². The third-order valence-corrected chi connectivity index (χ3v) is 17.1. The molecule has 0 aliphatic carbocycles. The fourth-order valence-corrected chi connectivity index (χ4v) is 11.6. The number of carbonyl (C=O) groups is 2. The average molecular weight is 1100 g/mol. The lowest BCUT2D eigenvalue weighted by Gasteiger charge is -2.20. The maximum absolute atomic E-state index is 12.5. The van der Waals surface area contributed by atoms with Gasteiger partial charge in [-0.05, 0) is 32.1 Å². The van der Waals surface area contributed by atoms with Crippen molar-refractivity contribution in [2.45, 2.75) is 424 Å². The van der Waals surface area contributed by atoms with Crippen molar-refractivity contribution in [1.29, 1.82) is 0 Å². The van der Waals surface area contributed by atoms with Crippen LogP contribution in [0.1, 0.15) is 412 Å². The molecule has 0 bridgehead atoms. The van der Waals surface area contributed by atoms with E-state index in [1.165, 1.54) is 347 Å². The van der Waals surface area contributed by atoms with Crippen molar-refractivity contribution in [3.05, 3.63) is 12.2 Å². The van der Waals surface area contributed by atoms with Crippen LogP contribution in [0.15, 0.2) is 12.2 Å². The Bertz CT molecular complexity index is 1180. The molecule has 0 aromatic rings. The van der Waals surface area contributed by atoms with Crippen LogP contribution in [-0.2, 0) is 14.3 Å². The highest BCUT2D eigenvalue weighted by atomic mass is 16.5. The lowest BCUT2D eigenvalue weighted by atomic mass is 10.0. The number of unbranched alkanes of at least 4 members (excludes halogenated alkanes) is 57. The molecule has 464 valence electrons. The van der Waals surface area contributed by atoms with Crippen molar-refractivity contribution in [3.63, 3.8) is 0 Å². The normalized spacial score (nSPS) is 12.5. The van der Waals surface area contributed by atoms with Gasteiger partial charge >= 0.3 is 5.97 Å². The number of nitrogens with one attached hydrogen (secondary N) is 1. The number of aliphatic hydroxyl groups is 2. The molecule has 0 spiro atoms. The van der Waals surface area contributed by atoms with Crippen LogP contribution >= 0.6 is 0 Å². The van der Waals surface area contributed by atoms with E-state index in [1.807, 2.05) is 6.08 Å². The van der Waals surface area contributed by atoms with E-state index in [4.69, 9.17) is 4.74 Å². The average Bonchev–Trinajstić information content (AvgIpc) is 3.44. The molecule has 78 heavy (non-hydrogen) atoms. The monoisotopic (exact) mass is 1100 g/mol. The summed E-state index contributed by atoms with van der Waals surface area (Å²) in [4.78, 5) is 24.6. The Kier molecular flexibility index (Phi) is 66.9. The van der Waals surface area contributed by atoms with Gasteiger partial charge in [0.05, 0.1) is 25.4 Å². The summed E-state index contributed by atoms with van der Waals surface area (Å²) in [6.07, 6.45) is 84.5. The molecule has 0 aromatic heterocycles. The molecular weight excluding hydrogens is 959 g/mol. The summed E-state index contributed by atoms with van der Waals surface area (Å²) >= 11 is 0. The topological polar surface area (TPSA) is 95.9 Å². The number of ether oxygens (including phenoxy) is 1. The van der Waals surface area contributed by atoms with Gasteiger partial charge in [-0.2, -0.15) is 0 Å². The highest BCUT2D eigenvalue weighted by molar-refractivity contribution is 5.76. The lowest BCUT2D eigenvalue weighted by molar-refractivity contribution is -0.143. The van der Waals surface area contributed by atoms with Gasteiger partial charge in [-0.25, -0.2) is 0 Å². The van der Waals surface area contributed by atoms with E-state index < -0.39 is 12.1 Å². The van der Waals surface area contributed by atoms with E-state index in [9.17, 15) is 19.8 Å². The molecule has 0 aromatic carbocycles. The minimum absolute atomic E-state index is 0.0242. The van der Waals surface area contributed by atoms with Crippen molar-refractivity contribution < 1.29 is 24.5 Å². The van der Waals surface area contributed by atoms with Gasteiger partial charge < -0.3 is 20.3 Å². The van der Waals surface area contributed by atoms with Crippen molar-refractivity contribution in [3.8, 4) is 0 Å². The van der Waals surface area contributed by atoms with Crippen LogP contribution in [0.25, 0.3) is 0 Å². The number of rotatable bonds is 68. The molecule has 2 atom stereocenters. The minimum atomic E-state index is -0.840. The highest BCUT2D eigenvalue weighted by Crippen LogP contribution is 2.19. The number of allylic oxidation sites excluding steroid dienone is 1. The molecule has 0 fully saturated rings. The molecule has 6 heteroatoms. The van der Waals surface area contributed by atoms with Crippen molar-refractivity contribution in [2.24, 2.45) is 0 Å². The van der Waals surface area contributed by atoms with E-state index in [0.717, 1.165) is 38.5 Å². The predicted molar refractivity (Wildman–Crippen MR) is 343 cm³/mol. The largest absolute Gasteiger partial charge is 0.466 e. The molecule has 6 nitrogen and oxygen atoms in total. The smallest absolute Gasteiger partial charge is 0.305 e. The molecule has 0 radical (unpaired) electrons. The van der Waals surface area contributed by atoms with Crippen LogP contribution in [-0.4, -0.2) is 47.4 Å². The molecule has 2 unspecified atom stereocenters. The van der Waals surface area contributed by atoms with Crippen LogP contribution in [0.5, 0.6) is 0 Å². The quantitative estimate of drug-likeness (QED) is 0.0320. The summed E-state index contributed by atoms with van der Waals surface area (Å²) in [5, 5.41) is 23.2. The highest BCUT2D eigenvalue weighted by Gasteiger charge is 2.18. The molecule has 0 heterocycles. The first-order valence-electron chi connectivity index (χ1n) is 36.0. The second-order valence-electron chi connectivity index (χ2n) is 24.9. The van der Waals surface area contributed by atoms with E-state index in [1.54, 1.807) is 6.08 Å². The number of aliphatic hydroxyl groups excluding tert-OH is 2. The molecule has 0 saturated carbocycles. The zero-order chi connectivity index (χ0) is 56.4. The molecule has 0 rings (SSSR count). The lowest BCUT2D eigenvalue weighted by Crippen LogP contribution is -2.45. The maximum atomic E-state index is 12.5. The summed E-state index contributed by atoms with van der Waals surface area (Å²) in [7, 11) is 0. The van der Waals surface area contributed by atoms with E-state index in [2.05, 4.69) is 19.2 Å². The minimum Gasteiger partial charge on any atom is -0.466 e. The maximum Gasteiger partial charge on any atom is 0.305 e. The molecule has 3 N–H and O–H groups in total. The fraction of sp³-hybridized carbons (Fsp3) is 0.944. The predicted octanol–water partition coefficient (Wildman–Crippen LogP) is 23.1. The Morgan fingerprint density at radius 1 is 0.346 bits per heavy atom. The zero-order valence-electron chi connectivity index (χ0n) is 53.2. The van der Waals surface area contributed by atoms with Crippen LogP contribution in [0.3, 0.4) is 0 Å². The Morgan fingerprint density at radius 2 is 0.590 bits per heavy atom. The first-order chi connectivity index (χ1) is 38.5. The third kappa shape index (κ3) is 63.8. The SMILES string of the molecule is CCCCCCCCCCCCCCC/C=C/C(O)C(CO)NC(=O)CCCCCCCCCCCCCCCCCCCCCCCCCCCCCCCCCOC(=O)CCCCCCCCCCCCCCCCC. The van der Waals surface area contributed by atoms with Crippen molar-refractivity contribution >= 4 is 11.9 Å². The first kappa shape index (κ1) is 76.6. The molecule has 1 amide bonds. The first-order valence-corrected chi connectivity index (χ1v) is 36.0. The van der Waals surface area contributed by atoms with Crippen molar-refractivity contribution in [1.82, 2.24) is 5.32 Å². The Hall–Kier alpha value is -1.40. The third-order valence-electron chi connectivity index (χ3n) is 17.1. The molecule has 0 saturated heterocycles. The summed E-state index contributed by atoms with van der Waals surface area (Å²) in [5.74, 6) is -0.0365. The van der Waals surface area contributed by atoms with Crippen LogP contribution in [0.4, 0.5) is 0 Å². The number of carbonyl (C=O) groups excluding carboxylic acids is 2. The van der Waals surface area contributed by atoms with Gasteiger partial charge in [0.15, 0.2) is 0 Å². The second-order valence-corrected chi connectivity index (χ2v) is 24.9. The van der Waals surface area contributed by atoms with Gasteiger partial charge in [0.1, 0.15) is 0 Å². The Morgan fingerprint density at radius 3 is 0.872 bits per heavy atom. The van der Waals surface area contributed by atoms with E-state index in [-0.39, 0.29) is 18.5 Å². The van der Waals surface area contributed by atoms with Crippen molar-refractivity contribution in [2.75, 3.05) is 13.2 Å². The van der Waals surface area contributed by atoms with Gasteiger partial charge in [-0.3, -0.25) is 9.59 Å². The number of amides is 1. The Balaban J connectivity index is 3.32.